The molecule has 1 aromatic heterocycles. The van der Waals surface area contributed by atoms with Crippen molar-refractivity contribution in [3.8, 4) is 11.5 Å². The number of benzene rings is 1. The van der Waals surface area contributed by atoms with Gasteiger partial charge in [-0.25, -0.2) is 9.98 Å². The first-order valence-electron chi connectivity index (χ1n) is 6.60. The van der Waals surface area contributed by atoms with Gasteiger partial charge in [-0.05, 0) is 17.3 Å². The number of nitrogens with two attached hydrogens (primary N) is 1. The predicted octanol–water partition coefficient (Wildman–Crippen LogP) is -0.398. The number of hydrogen-bond donors (Lipinski definition) is 4. The Hall–Kier alpha value is -3.37. The molecule has 0 spiro atoms. The number of hydrogen-bond acceptors (Lipinski definition) is 10. The van der Waals surface area contributed by atoms with Crippen LogP contribution in [0.3, 0.4) is 0 Å². The number of aromatic amines is 1. The summed E-state index contributed by atoms with van der Waals surface area (Å²) in [5.74, 6) is 2.04. The van der Waals surface area contributed by atoms with E-state index < -0.39 is 6.17 Å². The number of guanidine groups is 2. The molecular weight excluding hydrogens is 302 g/mol. The van der Waals surface area contributed by atoms with Crippen LogP contribution in [-0.4, -0.2) is 46.8 Å². The summed E-state index contributed by atoms with van der Waals surface area (Å²) in [6, 6.07) is 5.41. The molecule has 1 aliphatic rings. The van der Waals surface area contributed by atoms with E-state index in [1.807, 2.05) is 6.07 Å². The summed E-state index contributed by atoms with van der Waals surface area (Å²) < 4.78 is 10.5. The third-order valence-corrected chi connectivity index (χ3v) is 3.04. The van der Waals surface area contributed by atoms with Crippen LogP contribution in [0.4, 0.5) is 5.95 Å². The van der Waals surface area contributed by atoms with Gasteiger partial charge in [0.15, 0.2) is 23.6 Å². The maximum Gasteiger partial charge on any atom is 0.269 e. The SMILES string of the molecule is COc1ccc(C2N=C(N)NC(Nc3nn[nH]n3)=N2)cc1OC. The number of nitrogens with one attached hydrogen (secondary N) is 3. The zero-order valence-corrected chi connectivity index (χ0v) is 12.4. The van der Waals surface area contributed by atoms with E-state index in [2.05, 4.69) is 41.2 Å². The Labute approximate surface area is 131 Å². The number of nitrogens with zero attached hydrogens (tertiary/aromatic N) is 5. The standard InChI is InChI=1S/C12H15N9O2/c1-22-7-4-3-6(5-8(7)23-2)9-14-10(13)16-11(15-9)17-12-18-20-21-19-12/h3-5,9H,1-2H3,(H5,13,14,15,16,17,18,19,20,21). The van der Waals surface area contributed by atoms with Gasteiger partial charge in [0.05, 0.1) is 14.2 Å². The molecule has 5 N–H and O–H groups in total. The van der Waals surface area contributed by atoms with Gasteiger partial charge < -0.3 is 15.2 Å². The van der Waals surface area contributed by atoms with Gasteiger partial charge in [0, 0.05) is 5.56 Å². The van der Waals surface area contributed by atoms with Crippen molar-refractivity contribution in [3.05, 3.63) is 23.8 Å². The summed E-state index contributed by atoms with van der Waals surface area (Å²) in [5, 5.41) is 19.0. The summed E-state index contributed by atoms with van der Waals surface area (Å²) in [5.41, 5.74) is 6.60. The highest BCUT2D eigenvalue weighted by Crippen LogP contribution is 2.32. The number of ether oxygens (including phenoxy) is 2. The van der Waals surface area contributed by atoms with Crippen molar-refractivity contribution in [2.75, 3.05) is 19.5 Å². The minimum Gasteiger partial charge on any atom is -0.493 e. The van der Waals surface area contributed by atoms with E-state index >= 15 is 0 Å². The zero-order valence-electron chi connectivity index (χ0n) is 12.4. The molecule has 1 aliphatic heterocycles. The van der Waals surface area contributed by atoms with Crippen LogP contribution in [0.5, 0.6) is 11.5 Å². The number of tetrazole rings is 1. The molecule has 0 saturated heterocycles. The lowest BCUT2D eigenvalue weighted by molar-refractivity contribution is 0.354. The molecule has 3 rings (SSSR count). The molecular formula is C12H15N9O2. The van der Waals surface area contributed by atoms with Crippen LogP contribution in [0.1, 0.15) is 11.7 Å². The Morgan fingerprint density at radius 2 is 2.00 bits per heavy atom. The van der Waals surface area contributed by atoms with Crippen LogP contribution in [0.25, 0.3) is 0 Å². The number of H-pyrrole nitrogens is 1. The van der Waals surface area contributed by atoms with Crippen LogP contribution < -0.4 is 25.8 Å². The van der Waals surface area contributed by atoms with Gasteiger partial charge in [-0.1, -0.05) is 11.2 Å². The average molecular weight is 317 g/mol. The fourth-order valence-corrected chi connectivity index (χ4v) is 2.02. The monoisotopic (exact) mass is 317 g/mol. The lowest BCUT2D eigenvalue weighted by Gasteiger charge is -2.20. The van der Waals surface area contributed by atoms with Crippen LogP contribution in [-0.2, 0) is 0 Å². The van der Waals surface area contributed by atoms with Gasteiger partial charge in [0.25, 0.3) is 5.95 Å². The third-order valence-electron chi connectivity index (χ3n) is 3.04. The molecule has 0 radical (unpaired) electrons. The Morgan fingerprint density at radius 3 is 2.70 bits per heavy atom. The van der Waals surface area contributed by atoms with Crippen molar-refractivity contribution in [1.29, 1.82) is 0 Å². The van der Waals surface area contributed by atoms with E-state index in [-0.39, 0.29) is 11.9 Å². The molecule has 2 aromatic rings. The first-order valence-corrected chi connectivity index (χ1v) is 6.60. The molecule has 1 atom stereocenters. The molecule has 0 bridgehead atoms. The van der Waals surface area contributed by atoms with Gasteiger partial charge in [0.1, 0.15) is 0 Å². The molecule has 11 heteroatoms. The van der Waals surface area contributed by atoms with Crippen LogP contribution in [0.15, 0.2) is 28.2 Å². The molecule has 1 unspecified atom stereocenters. The Morgan fingerprint density at radius 1 is 1.17 bits per heavy atom. The van der Waals surface area contributed by atoms with E-state index in [1.54, 1.807) is 26.4 Å². The molecule has 1 aromatic carbocycles. The summed E-state index contributed by atoms with van der Waals surface area (Å²) in [7, 11) is 3.14. The van der Waals surface area contributed by atoms with E-state index in [9.17, 15) is 0 Å². The highest BCUT2D eigenvalue weighted by atomic mass is 16.5. The molecule has 0 fully saturated rings. The number of aromatic nitrogens is 4. The average Bonchev–Trinajstić information content (AvgIpc) is 3.06. The summed E-state index contributed by atoms with van der Waals surface area (Å²) in [6.45, 7) is 0. The number of aliphatic imine (C=N–C) groups is 2. The smallest absolute Gasteiger partial charge is 0.269 e. The van der Waals surface area contributed by atoms with Crippen LogP contribution >= 0.6 is 0 Å². The summed E-state index contributed by atoms with van der Waals surface area (Å²) >= 11 is 0. The maximum absolute atomic E-state index is 5.81. The highest BCUT2D eigenvalue weighted by molar-refractivity contribution is 6.05. The zero-order chi connectivity index (χ0) is 16.2. The van der Waals surface area contributed by atoms with E-state index in [1.165, 1.54) is 0 Å². The first-order chi connectivity index (χ1) is 11.2. The molecule has 2 heterocycles. The largest absolute Gasteiger partial charge is 0.493 e. The number of anilines is 1. The van der Waals surface area contributed by atoms with Gasteiger partial charge >= 0.3 is 0 Å². The van der Waals surface area contributed by atoms with Gasteiger partial charge in [-0.3, -0.25) is 10.6 Å². The summed E-state index contributed by atoms with van der Waals surface area (Å²) in [4.78, 5) is 8.68. The van der Waals surface area contributed by atoms with E-state index in [0.717, 1.165) is 5.56 Å². The molecule has 0 aliphatic carbocycles. The van der Waals surface area contributed by atoms with Crippen molar-refractivity contribution in [1.82, 2.24) is 25.9 Å². The highest BCUT2D eigenvalue weighted by Gasteiger charge is 2.19. The fourth-order valence-electron chi connectivity index (χ4n) is 2.02. The van der Waals surface area contributed by atoms with E-state index in [0.29, 0.717) is 17.5 Å². The maximum atomic E-state index is 5.81. The number of methoxy groups -OCH3 is 2. The number of rotatable bonds is 4. The second-order valence-electron chi connectivity index (χ2n) is 4.47. The first kappa shape index (κ1) is 14.6. The fraction of sp³-hybridized carbons (Fsp3) is 0.250. The van der Waals surface area contributed by atoms with Crippen molar-refractivity contribution in [2.24, 2.45) is 15.7 Å². The lowest BCUT2D eigenvalue weighted by atomic mass is 10.1. The van der Waals surface area contributed by atoms with Gasteiger partial charge in [0.2, 0.25) is 5.96 Å². The summed E-state index contributed by atoms with van der Waals surface area (Å²) in [6.07, 6.45) is -0.537. The van der Waals surface area contributed by atoms with Crippen LogP contribution in [0.2, 0.25) is 0 Å². The molecule has 11 nitrogen and oxygen atoms in total. The van der Waals surface area contributed by atoms with E-state index in [4.69, 9.17) is 15.2 Å². The van der Waals surface area contributed by atoms with Crippen molar-refractivity contribution in [3.63, 3.8) is 0 Å². The third kappa shape index (κ3) is 3.12. The molecule has 23 heavy (non-hydrogen) atoms. The Bertz CT molecular complexity index is 741. The minimum absolute atomic E-state index is 0.214. The van der Waals surface area contributed by atoms with Crippen molar-refractivity contribution in [2.45, 2.75) is 6.17 Å². The Kier molecular flexibility index (Phi) is 3.91. The topological polar surface area (TPSA) is 148 Å². The normalized spacial score (nSPS) is 16.9. The van der Waals surface area contributed by atoms with Gasteiger partial charge in [-0.15, -0.1) is 5.10 Å². The molecule has 120 valence electrons. The second-order valence-corrected chi connectivity index (χ2v) is 4.47. The predicted molar refractivity (Wildman–Crippen MR) is 82.3 cm³/mol. The molecule has 0 saturated carbocycles. The van der Waals surface area contributed by atoms with Crippen molar-refractivity contribution >= 4 is 17.9 Å². The molecule has 0 amide bonds. The van der Waals surface area contributed by atoms with Gasteiger partial charge in [-0.2, -0.15) is 5.21 Å². The quantitative estimate of drug-likeness (QED) is 0.595. The van der Waals surface area contributed by atoms with Crippen LogP contribution in [0, 0.1) is 0 Å². The lowest BCUT2D eigenvalue weighted by Crippen LogP contribution is -2.43. The Balaban J connectivity index is 1.88. The second kappa shape index (κ2) is 6.17. The van der Waals surface area contributed by atoms with Crippen molar-refractivity contribution < 1.29 is 9.47 Å². The minimum atomic E-state index is -0.537.